The fourth-order valence-corrected chi connectivity index (χ4v) is 3.25. The average molecular weight is 332 g/mol. The van der Waals surface area contributed by atoms with Crippen molar-refractivity contribution in [1.29, 1.82) is 0 Å². The van der Waals surface area contributed by atoms with Crippen molar-refractivity contribution in [1.82, 2.24) is 0 Å². The van der Waals surface area contributed by atoms with Crippen LogP contribution in [0, 0.1) is 6.92 Å². The molecule has 0 unspecified atom stereocenters. The molecule has 19 heavy (non-hydrogen) atoms. The summed E-state index contributed by atoms with van der Waals surface area (Å²) in [5, 5.41) is 3.22. The van der Waals surface area contributed by atoms with E-state index in [4.69, 9.17) is 11.6 Å². The molecule has 0 radical (unpaired) electrons. The third kappa shape index (κ3) is 2.18. The predicted molar refractivity (Wildman–Crippen MR) is 86.8 cm³/mol. The van der Waals surface area contributed by atoms with Crippen LogP contribution in [0.2, 0.25) is 5.02 Å². The van der Waals surface area contributed by atoms with Gasteiger partial charge in [0, 0.05) is 15.1 Å². The lowest BCUT2D eigenvalue weighted by Crippen LogP contribution is -1.87. The summed E-state index contributed by atoms with van der Waals surface area (Å²) in [5.74, 6) is 0. The van der Waals surface area contributed by atoms with Crippen molar-refractivity contribution in [2.45, 2.75) is 6.92 Å². The van der Waals surface area contributed by atoms with Gasteiger partial charge in [-0.3, -0.25) is 0 Å². The first-order chi connectivity index (χ1) is 9.18. The SMILES string of the molecule is Cc1cccc(Cl)c1-c1ccc(Br)c2ccccc12. The lowest BCUT2D eigenvalue weighted by Gasteiger charge is -2.12. The number of fused-ring (bicyclic) bond motifs is 1. The predicted octanol–water partition coefficient (Wildman–Crippen LogP) is 6.23. The molecule has 3 aromatic carbocycles. The largest absolute Gasteiger partial charge is 0.0837 e. The molecule has 94 valence electrons. The second-order valence-electron chi connectivity index (χ2n) is 4.57. The molecule has 0 aromatic heterocycles. The van der Waals surface area contributed by atoms with Crippen LogP contribution in [0.4, 0.5) is 0 Å². The van der Waals surface area contributed by atoms with E-state index in [1.807, 2.05) is 12.1 Å². The van der Waals surface area contributed by atoms with Crippen molar-refractivity contribution in [3.8, 4) is 11.1 Å². The highest BCUT2D eigenvalue weighted by Gasteiger charge is 2.11. The van der Waals surface area contributed by atoms with Gasteiger partial charge in [-0.05, 0) is 41.0 Å². The van der Waals surface area contributed by atoms with E-state index in [9.17, 15) is 0 Å². The topological polar surface area (TPSA) is 0 Å². The van der Waals surface area contributed by atoms with Crippen LogP contribution < -0.4 is 0 Å². The third-order valence-corrected chi connectivity index (χ3v) is 4.37. The van der Waals surface area contributed by atoms with Crippen LogP contribution in [0.25, 0.3) is 21.9 Å². The summed E-state index contributed by atoms with van der Waals surface area (Å²) in [7, 11) is 0. The van der Waals surface area contributed by atoms with Gasteiger partial charge in [0.05, 0.1) is 0 Å². The van der Waals surface area contributed by atoms with Crippen LogP contribution in [-0.4, -0.2) is 0 Å². The van der Waals surface area contributed by atoms with E-state index in [0.29, 0.717) is 0 Å². The van der Waals surface area contributed by atoms with Crippen LogP contribution in [0.15, 0.2) is 59.1 Å². The first-order valence-electron chi connectivity index (χ1n) is 6.11. The highest BCUT2D eigenvalue weighted by molar-refractivity contribution is 9.10. The van der Waals surface area contributed by atoms with Gasteiger partial charge in [-0.15, -0.1) is 0 Å². The lowest BCUT2D eigenvalue weighted by molar-refractivity contribution is 1.47. The normalized spacial score (nSPS) is 10.9. The second-order valence-corrected chi connectivity index (χ2v) is 5.83. The van der Waals surface area contributed by atoms with Gasteiger partial charge in [-0.2, -0.15) is 0 Å². The zero-order valence-electron chi connectivity index (χ0n) is 10.5. The van der Waals surface area contributed by atoms with Crippen molar-refractivity contribution in [3.05, 3.63) is 69.7 Å². The Hall–Kier alpha value is -1.31. The maximum atomic E-state index is 6.39. The molecular formula is C17H12BrCl. The Labute approximate surface area is 126 Å². The maximum Gasteiger partial charge on any atom is 0.0487 e. The Morgan fingerprint density at radius 2 is 1.58 bits per heavy atom. The first kappa shape index (κ1) is 12.7. The van der Waals surface area contributed by atoms with Crippen molar-refractivity contribution < 1.29 is 0 Å². The van der Waals surface area contributed by atoms with Gasteiger partial charge in [0.15, 0.2) is 0 Å². The molecule has 0 fully saturated rings. The van der Waals surface area contributed by atoms with E-state index in [1.165, 1.54) is 21.9 Å². The molecule has 0 amide bonds. The minimum atomic E-state index is 0.799. The molecule has 3 rings (SSSR count). The minimum Gasteiger partial charge on any atom is -0.0837 e. The Kier molecular flexibility index (Phi) is 3.34. The van der Waals surface area contributed by atoms with Crippen molar-refractivity contribution in [2.24, 2.45) is 0 Å². The monoisotopic (exact) mass is 330 g/mol. The van der Waals surface area contributed by atoms with Crippen molar-refractivity contribution in [3.63, 3.8) is 0 Å². The van der Waals surface area contributed by atoms with Crippen LogP contribution in [0.1, 0.15) is 5.56 Å². The number of halogens is 2. The Morgan fingerprint density at radius 1 is 0.842 bits per heavy atom. The Balaban J connectivity index is 2.41. The summed E-state index contributed by atoms with van der Waals surface area (Å²) >= 11 is 10.0. The molecule has 0 nitrogen and oxygen atoms in total. The van der Waals surface area contributed by atoms with E-state index in [-0.39, 0.29) is 0 Å². The molecule has 0 spiro atoms. The second kappa shape index (κ2) is 4.99. The highest BCUT2D eigenvalue weighted by atomic mass is 79.9. The van der Waals surface area contributed by atoms with Crippen LogP contribution >= 0.6 is 27.5 Å². The molecule has 0 saturated carbocycles. The summed E-state index contributed by atoms with van der Waals surface area (Å²) in [6, 6.07) is 18.6. The maximum absolute atomic E-state index is 6.39. The molecule has 0 N–H and O–H groups in total. The fraction of sp³-hybridized carbons (Fsp3) is 0.0588. The Bertz CT molecular complexity index is 742. The number of benzene rings is 3. The summed E-state index contributed by atoms with van der Waals surface area (Å²) in [5.41, 5.74) is 3.50. The Morgan fingerprint density at radius 3 is 2.32 bits per heavy atom. The van der Waals surface area contributed by atoms with Crippen LogP contribution in [-0.2, 0) is 0 Å². The summed E-state index contributed by atoms with van der Waals surface area (Å²) in [4.78, 5) is 0. The van der Waals surface area contributed by atoms with Crippen LogP contribution in [0.5, 0.6) is 0 Å². The van der Waals surface area contributed by atoms with E-state index in [1.54, 1.807) is 0 Å². The zero-order chi connectivity index (χ0) is 13.4. The molecule has 0 bridgehead atoms. The lowest BCUT2D eigenvalue weighted by atomic mass is 9.95. The van der Waals surface area contributed by atoms with Crippen LogP contribution in [0.3, 0.4) is 0 Å². The fourth-order valence-electron chi connectivity index (χ4n) is 2.45. The molecule has 3 aromatic rings. The zero-order valence-corrected chi connectivity index (χ0v) is 12.8. The van der Waals surface area contributed by atoms with Gasteiger partial charge in [-0.1, -0.05) is 70.0 Å². The summed E-state index contributed by atoms with van der Waals surface area (Å²) < 4.78 is 1.11. The van der Waals surface area contributed by atoms with E-state index >= 15 is 0 Å². The molecular weight excluding hydrogens is 320 g/mol. The van der Waals surface area contributed by atoms with Gasteiger partial charge in [0.1, 0.15) is 0 Å². The van der Waals surface area contributed by atoms with Gasteiger partial charge in [0.2, 0.25) is 0 Å². The molecule has 2 heteroatoms. The average Bonchev–Trinajstić information content (AvgIpc) is 2.41. The molecule has 0 heterocycles. The molecule has 0 atom stereocenters. The summed E-state index contributed by atoms with van der Waals surface area (Å²) in [6.07, 6.45) is 0. The molecule has 0 aliphatic heterocycles. The van der Waals surface area contributed by atoms with E-state index in [0.717, 1.165) is 15.1 Å². The number of hydrogen-bond donors (Lipinski definition) is 0. The van der Waals surface area contributed by atoms with Crippen molar-refractivity contribution >= 4 is 38.3 Å². The molecule has 0 saturated heterocycles. The van der Waals surface area contributed by atoms with Gasteiger partial charge < -0.3 is 0 Å². The number of rotatable bonds is 1. The molecule has 0 aliphatic rings. The number of hydrogen-bond acceptors (Lipinski definition) is 0. The van der Waals surface area contributed by atoms with Gasteiger partial charge in [0.25, 0.3) is 0 Å². The smallest absolute Gasteiger partial charge is 0.0487 e. The minimum absolute atomic E-state index is 0.799. The summed E-state index contributed by atoms with van der Waals surface area (Å²) in [6.45, 7) is 2.10. The highest BCUT2D eigenvalue weighted by Crippen LogP contribution is 2.38. The van der Waals surface area contributed by atoms with Crippen molar-refractivity contribution in [2.75, 3.05) is 0 Å². The van der Waals surface area contributed by atoms with E-state index in [2.05, 4.69) is 65.3 Å². The molecule has 0 aliphatic carbocycles. The van der Waals surface area contributed by atoms with Gasteiger partial charge >= 0.3 is 0 Å². The quantitative estimate of drug-likeness (QED) is 0.496. The third-order valence-electron chi connectivity index (χ3n) is 3.36. The van der Waals surface area contributed by atoms with E-state index < -0.39 is 0 Å². The number of aryl methyl sites for hydroxylation is 1. The first-order valence-corrected chi connectivity index (χ1v) is 7.28. The standard InChI is InChI=1S/C17H12BrCl/c1-11-5-4-8-16(19)17(11)14-9-10-15(18)13-7-3-2-6-12(13)14/h2-10H,1H3. The van der Waals surface area contributed by atoms with Gasteiger partial charge in [-0.25, -0.2) is 0 Å².